The molecule has 2 heterocycles. The molecule has 1 aliphatic heterocycles. The lowest BCUT2D eigenvalue weighted by atomic mass is 10.2. The van der Waals surface area contributed by atoms with Gasteiger partial charge in [-0.05, 0) is 19.9 Å². The molecule has 1 saturated heterocycles. The van der Waals surface area contributed by atoms with Crippen molar-refractivity contribution in [3.05, 3.63) is 18.0 Å². The summed E-state index contributed by atoms with van der Waals surface area (Å²) in [5.74, 6) is 0. The van der Waals surface area contributed by atoms with Crippen LogP contribution in [0.25, 0.3) is 0 Å². The summed E-state index contributed by atoms with van der Waals surface area (Å²) in [5, 5.41) is 3.29. The Bertz CT molecular complexity index is 346. The highest BCUT2D eigenvalue weighted by Gasteiger charge is 2.19. The van der Waals surface area contributed by atoms with Crippen LogP contribution in [0.1, 0.15) is 12.6 Å². The first-order valence-electron chi connectivity index (χ1n) is 5.52. The molecule has 1 aromatic heterocycles. The molecule has 5 nitrogen and oxygen atoms in total. The third kappa shape index (κ3) is 3.15. The molecule has 0 amide bonds. The van der Waals surface area contributed by atoms with Gasteiger partial charge in [0.1, 0.15) is 12.7 Å². The number of nitrogens with one attached hydrogen (secondary N) is 1. The maximum absolute atomic E-state index is 5.70. The third-order valence-electron chi connectivity index (χ3n) is 2.40. The van der Waals surface area contributed by atoms with Crippen molar-refractivity contribution in [2.45, 2.75) is 26.1 Å². The molecule has 0 aliphatic carbocycles. The molecule has 0 bridgehead atoms. The van der Waals surface area contributed by atoms with E-state index in [1.165, 1.54) is 0 Å². The van der Waals surface area contributed by atoms with Crippen LogP contribution < -0.4 is 10.1 Å². The first kappa shape index (κ1) is 11.3. The van der Waals surface area contributed by atoms with E-state index in [9.17, 15) is 0 Å². The first-order chi connectivity index (χ1) is 7.74. The second-order valence-electron chi connectivity index (χ2n) is 4.02. The molecule has 16 heavy (non-hydrogen) atoms. The van der Waals surface area contributed by atoms with Crippen molar-refractivity contribution >= 4 is 0 Å². The minimum atomic E-state index is 0.0767. The number of aryl methyl sites for hydroxylation is 1. The van der Waals surface area contributed by atoms with Crippen LogP contribution in [0.4, 0.5) is 0 Å². The van der Waals surface area contributed by atoms with Gasteiger partial charge < -0.3 is 14.8 Å². The Labute approximate surface area is 95.2 Å². The lowest BCUT2D eigenvalue weighted by Crippen LogP contribution is -2.45. The van der Waals surface area contributed by atoms with Crippen LogP contribution in [-0.4, -0.2) is 41.9 Å². The third-order valence-corrected chi connectivity index (χ3v) is 2.40. The van der Waals surface area contributed by atoms with Crippen LogP contribution in [-0.2, 0) is 4.74 Å². The fourth-order valence-electron chi connectivity index (χ4n) is 1.63. The maximum Gasteiger partial charge on any atom is 0.316 e. The SMILES string of the molecule is Cc1ccnc(OCC2CNCC(C)O2)n1. The van der Waals surface area contributed by atoms with Crippen LogP contribution in [0, 0.1) is 6.92 Å². The molecule has 1 aromatic rings. The van der Waals surface area contributed by atoms with E-state index in [2.05, 4.69) is 15.3 Å². The van der Waals surface area contributed by atoms with Gasteiger partial charge >= 0.3 is 6.01 Å². The highest BCUT2D eigenvalue weighted by molar-refractivity contribution is 5.03. The zero-order valence-corrected chi connectivity index (χ0v) is 9.64. The minimum Gasteiger partial charge on any atom is -0.461 e. The Morgan fingerprint density at radius 3 is 3.19 bits per heavy atom. The van der Waals surface area contributed by atoms with Gasteiger partial charge in [0.2, 0.25) is 0 Å². The second kappa shape index (κ2) is 5.23. The van der Waals surface area contributed by atoms with Gasteiger partial charge in [-0.3, -0.25) is 0 Å². The van der Waals surface area contributed by atoms with E-state index in [4.69, 9.17) is 9.47 Å². The number of hydrogen-bond acceptors (Lipinski definition) is 5. The van der Waals surface area contributed by atoms with Crippen LogP contribution >= 0.6 is 0 Å². The van der Waals surface area contributed by atoms with Crippen LogP contribution in [0.3, 0.4) is 0 Å². The Hall–Kier alpha value is -1.20. The molecule has 5 heteroatoms. The molecular weight excluding hydrogens is 206 g/mol. The van der Waals surface area contributed by atoms with Crippen molar-refractivity contribution in [1.29, 1.82) is 0 Å². The molecule has 0 spiro atoms. The summed E-state index contributed by atoms with van der Waals surface area (Å²) in [7, 11) is 0. The summed E-state index contributed by atoms with van der Waals surface area (Å²) < 4.78 is 11.2. The zero-order chi connectivity index (χ0) is 11.4. The van der Waals surface area contributed by atoms with Crippen molar-refractivity contribution in [3.8, 4) is 6.01 Å². The smallest absolute Gasteiger partial charge is 0.316 e. The van der Waals surface area contributed by atoms with Gasteiger partial charge in [0.05, 0.1) is 6.10 Å². The largest absolute Gasteiger partial charge is 0.461 e. The average Bonchev–Trinajstić information content (AvgIpc) is 2.27. The zero-order valence-electron chi connectivity index (χ0n) is 9.64. The molecule has 0 aromatic carbocycles. The molecule has 2 rings (SSSR count). The summed E-state index contributed by atoms with van der Waals surface area (Å²) in [6.45, 7) is 6.16. The van der Waals surface area contributed by atoms with Gasteiger partial charge in [0, 0.05) is 25.0 Å². The molecule has 88 valence electrons. The second-order valence-corrected chi connectivity index (χ2v) is 4.02. The number of hydrogen-bond donors (Lipinski definition) is 1. The molecule has 2 unspecified atom stereocenters. The van der Waals surface area contributed by atoms with Crippen molar-refractivity contribution in [2.75, 3.05) is 19.7 Å². The van der Waals surface area contributed by atoms with Crippen LogP contribution in [0.15, 0.2) is 12.3 Å². The van der Waals surface area contributed by atoms with E-state index in [1.54, 1.807) is 6.20 Å². The van der Waals surface area contributed by atoms with Gasteiger partial charge in [-0.25, -0.2) is 9.97 Å². The standard InChI is InChI=1S/C11H17N3O2/c1-8-3-4-13-11(14-8)15-7-10-6-12-5-9(2)16-10/h3-4,9-10,12H,5-7H2,1-2H3. The molecule has 1 fully saturated rings. The summed E-state index contributed by atoms with van der Waals surface area (Å²) in [5.41, 5.74) is 0.904. The van der Waals surface area contributed by atoms with Crippen LogP contribution in [0.2, 0.25) is 0 Å². The van der Waals surface area contributed by atoms with Crippen molar-refractivity contribution in [1.82, 2.24) is 15.3 Å². The Balaban J connectivity index is 1.82. The molecular formula is C11H17N3O2. The van der Waals surface area contributed by atoms with Gasteiger partial charge in [-0.2, -0.15) is 0 Å². The van der Waals surface area contributed by atoms with Gasteiger partial charge in [0.25, 0.3) is 0 Å². The first-order valence-corrected chi connectivity index (χ1v) is 5.52. The summed E-state index contributed by atoms with van der Waals surface area (Å²) in [4.78, 5) is 8.20. The quantitative estimate of drug-likeness (QED) is 0.810. The predicted molar refractivity (Wildman–Crippen MR) is 59.5 cm³/mol. The lowest BCUT2D eigenvalue weighted by molar-refractivity contribution is -0.0483. The Morgan fingerprint density at radius 2 is 2.44 bits per heavy atom. The van der Waals surface area contributed by atoms with Gasteiger partial charge in [-0.15, -0.1) is 0 Å². The summed E-state index contributed by atoms with van der Waals surface area (Å²) >= 11 is 0. The van der Waals surface area contributed by atoms with E-state index >= 15 is 0 Å². The normalized spacial score (nSPS) is 25.4. The Kier molecular flexibility index (Phi) is 3.69. The highest BCUT2D eigenvalue weighted by Crippen LogP contribution is 2.06. The number of morpholine rings is 1. The predicted octanol–water partition coefficient (Wildman–Crippen LogP) is 0.541. The molecule has 0 radical (unpaired) electrons. The lowest BCUT2D eigenvalue weighted by Gasteiger charge is -2.28. The van der Waals surface area contributed by atoms with E-state index < -0.39 is 0 Å². The van der Waals surface area contributed by atoms with Crippen LogP contribution in [0.5, 0.6) is 6.01 Å². The van der Waals surface area contributed by atoms with Gasteiger partial charge in [0.15, 0.2) is 0 Å². The maximum atomic E-state index is 5.70. The fraction of sp³-hybridized carbons (Fsp3) is 0.636. The minimum absolute atomic E-state index is 0.0767. The van der Waals surface area contributed by atoms with Crippen molar-refractivity contribution in [3.63, 3.8) is 0 Å². The fourth-order valence-corrected chi connectivity index (χ4v) is 1.63. The molecule has 1 N–H and O–H groups in total. The van der Waals surface area contributed by atoms with Crippen molar-refractivity contribution in [2.24, 2.45) is 0 Å². The monoisotopic (exact) mass is 223 g/mol. The van der Waals surface area contributed by atoms with E-state index in [0.29, 0.717) is 12.6 Å². The van der Waals surface area contributed by atoms with E-state index in [1.807, 2.05) is 19.9 Å². The average molecular weight is 223 g/mol. The summed E-state index contributed by atoms with van der Waals surface area (Å²) in [6.07, 6.45) is 2.01. The molecule has 0 saturated carbocycles. The number of aromatic nitrogens is 2. The van der Waals surface area contributed by atoms with Gasteiger partial charge in [-0.1, -0.05) is 0 Å². The topological polar surface area (TPSA) is 56.3 Å². The highest BCUT2D eigenvalue weighted by atomic mass is 16.5. The summed E-state index contributed by atoms with van der Waals surface area (Å²) in [6, 6.07) is 2.26. The van der Waals surface area contributed by atoms with Crippen molar-refractivity contribution < 1.29 is 9.47 Å². The molecule has 2 atom stereocenters. The number of ether oxygens (including phenoxy) is 2. The number of nitrogens with zero attached hydrogens (tertiary/aromatic N) is 2. The van der Waals surface area contributed by atoms with E-state index in [0.717, 1.165) is 18.8 Å². The number of rotatable bonds is 3. The van der Waals surface area contributed by atoms with E-state index in [-0.39, 0.29) is 12.2 Å². The Morgan fingerprint density at radius 1 is 1.56 bits per heavy atom. The molecule has 1 aliphatic rings.